The lowest BCUT2D eigenvalue weighted by atomic mass is 10.2. The van der Waals surface area contributed by atoms with Crippen molar-refractivity contribution in [1.29, 1.82) is 0 Å². The third-order valence-electron chi connectivity index (χ3n) is 3.78. The number of hydrogen-bond acceptors (Lipinski definition) is 5. The number of anilines is 2. The zero-order valence-electron chi connectivity index (χ0n) is 11.8. The summed E-state index contributed by atoms with van der Waals surface area (Å²) in [5.41, 5.74) is 9.83. The Morgan fingerprint density at radius 2 is 2.14 bits per heavy atom. The van der Waals surface area contributed by atoms with Gasteiger partial charge in [-0.05, 0) is 30.4 Å². The Hall–Kier alpha value is -2.34. The van der Waals surface area contributed by atoms with E-state index in [1.807, 2.05) is 16.7 Å². The minimum absolute atomic E-state index is 0.408. The van der Waals surface area contributed by atoms with Crippen LogP contribution in [0.2, 0.25) is 5.15 Å². The Kier molecular flexibility index (Phi) is 3.11. The summed E-state index contributed by atoms with van der Waals surface area (Å²) in [4.78, 5) is 12.5. The van der Waals surface area contributed by atoms with Gasteiger partial charge < -0.3 is 15.5 Å². The van der Waals surface area contributed by atoms with E-state index in [1.54, 1.807) is 6.07 Å². The quantitative estimate of drug-likeness (QED) is 0.724. The number of nitrogens with zero attached hydrogens (tertiary/aromatic N) is 4. The molecular formula is C15H15ClN6. The number of nitrogens with one attached hydrogen (secondary N) is 1. The summed E-state index contributed by atoms with van der Waals surface area (Å²) < 4.78 is 2.01. The van der Waals surface area contributed by atoms with Gasteiger partial charge in [-0.2, -0.15) is 0 Å². The van der Waals surface area contributed by atoms with Crippen molar-refractivity contribution in [3.63, 3.8) is 0 Å². The molecule has 112 valence electrons. The Bertz CT molecular complexity index is 839. The summed E-state index contributed by atoms with van der Waals surface area (Å²) in [7, 11) is 0. The van der Waals surface area contributed by atoms with E-state index in [4.69, 9.17) is 17.3 Å². The molecule has 3 heterocycles. The van der Waals surface area contributed by atoms with Gasteiger partial charge >= 0.3 is 0 Å². The van der Waals surface area contributed by atoms with Crippen LogP contribution >= 0.6 is 11.6 Å². The fourth-order valence-electron chi connectivity index (χ4n) is 2.53. The SMILES string of the molecule is Nc1cc(C2CC2)cn2cc(CNc3cc(Cl)ncn3)nc12. The molecule has 3 aromatic rings. The van der Waals surface area contributed by atoms with Gasteiger partial charge in [-0.15, -0.1) is 0 Å². The van der Waals surface area contributed by atoms with Crippen LogP contribution in [-0.2, 0) is 6.54 Å². The van der Waals surface area contributed by atoms with Gasteiger partial charge in [0.25, 0.3) is 0 Å². The number of aromatic nitrogens is 4. The molecule has 1 fully saturated rings. The molecule has 0 bridgehead atoms. The summed E-state index contributed by atoms with van der Waals surface area (Å²) in [5.74, 6) is 1.34. The number of fused-ring (bicyclic) bond motifs is 1. The second kappa shape index (κ2) is 5.14. The van der Waals surface area contributed by atoms with E-state index in [2.05, 4.69) is 26.5 Å². The second-order valence-corrected chi connectivity index (χ2v) is 5.93. The minimum Gasteiger partial charge on any atom is -0.396 e. The molecule has 1 aliphatic carbocycles. The summed E-state index contributed by atoms with van der Waals surface area (Å²) in [6.07, 6.45) is 8.05. The lowest BCUT2D eigenvalue weighted by Crippen LogP contribution is -2.01. The van der Waals surface area contributed by atoms with Gasteiger partial charge in [0.1, 0.15) is 17.3 Å². The average molecular weight is 315 g/mol. The van der Waals surface area contributed by atoms with E-state index in [1.165, 1.54) is 24.7 Å². The average Bonchev–Trinajstić information content (AvgIpc) is 3.26. The van der Waals surface area contributed by atoms with E-state index in [0.717, 1.165) is 17.0 Å². The molecule has 22 heavy (non-hydrogen) atoms. The molecule has 3 N–H and O–H groups in total. The Morgan fingerprint density at radius 1 is 1.27 bits per heavy atom. The van der Waals surface area contributed by atoms with Crippen molar-refractivity contribution in [3.8, 4) is 0 Å². The minimum atomic E-state index is 0.408. The maximum atomic E-state index is 6.12. The van der Waals surface area contributed by atoms with E-state index >= 15 is 0 Å². The summed E-state index contributed by atoms with van der Waals surface area (Å²) >= 11 is 5.84. The first-order chi connectivity index (χ1) is 10.7. The van der Waals surface area contributed by atoms with Crippen LogP contribution in [-0.4, -0.2) is 19.4 Å². The van der Waals surface area contributed by atoms with Crippen LogP contribution in [0.25, 0.3) is 5.65 Å². The van der Waals surface area contributed by atoms with Crippen molar-refractivity contribution in [2.24, 2.45) is 0 Å². The van der Waals surface area contributed by atoms with Crippen LogP contribution in [0, 0.1) is 0 Å². The lowest BCUT2D eigenvalue weighted by Gasteiger charge is -2.02. The molecule has 0 unspecified atom stereocenters. The Morgan fingerprint density at radius 3 is 2.91 bits per heavy atom. The fourth-order valence-corrected chi connectivity index (χ4v) is 2.68. The number of hydrogen-bond donors (Lipinski definition) is 2. The van der Waals surface area contributed by atoms with E-state index < -0.39 is 0 Å². The highest BCUT2D eigenvalue weighted by atomic mass is 35.5. The first-order valence-corrected chi connectivity index (χ1v) is 7.55. The van der Waals surface area contributed by atoms with E-state index in [9.17, 15) is 0 Å². The molecule has 6 nitrogen and oxygen atoms in total. The molecule has 1 saturated carbocycles. The molecule has 1 aliphatic rings. The lowest BCUT2D eigenvalue weighted by molar-refractivity contribution is 1.04. The van der Waals surface area contributed by atoms with Crippen molar-refractivity contribution in [2.45, 2.75) is 25.3 Å². The van der Waals surface area contributed by atoms with Gasteiger partial charge in [0.2, 0.25) is 0 Å². The van der Waals surface area contributed by atoms with Crippen LogP contribution in [0.4, 0.5) is 11.5 Å². The van der Waals surface area contributed by atoms with E-state index in [0.29, 0.717) is 23.4 Å². The normalized spacial score (nSPS) is 14.4. The zero-order chi connectivity index (χ0) is 15.1. The van der Waals surface area contributed by atoms with Crippen LogP contribution in [0.5, 0.6) is 0 Å². The first-order valence-electron chi connectivity index (χ1n) is 7.17. The summed E-state index contributed by atoms with van der Waals surface area (Å²) in [5, 5.41) is 3.59. The smallest absolute Gasteiger partial charge is 0.160 e. The van der Waals surface area contributed by atoms with Crippen LogP contribution in [0.3, 0.4) is 0 Å². The maximum Gasteiger partial charge on any atom is 0.160 e. The van der Waals surface area contributed by atoms with Crippen molar-refractivity contribution >= 4 is 28.8 Å². The van der Waals surface area contributed by atoms with Crippen molar-refractivity contribution in [3.05, 3.63) is 47.3 Å². The standard InChI is InChI=1S/C15H15ClN6/c16-13-4-14(20-8-19-13)18-5-11-7-22-6-10(9-1-2-9)3-12(17)15(22)21-11/h3-4,6-9H,1-2,5,17H2,(H,18,19,20). The van der Waals surface area contributed by atoms with Gasteiger partial charge in [0.15, 0.2) is 5.65 Å². The highest BCUT2D eigenvalue weighted by molar-refractivity contribution is 6.29. The number of rotatable bonds is 4. The third-order valence-corrected chi connectivity index (χ3v) is 3.99. The number of pyridine rings is 1. The zero-order valence-corrected chi connectivity index (χ0v) is 12.6. The van der Waals surface area contributed by atoms with Crippen molar-refractivity contribution < 1.29 is 0 Å². The maximum absolute atomic E-state index is 6.12. The first kappa shape index (κ1) is 13.3. The third kappa shape index (κ3) is 2.57. The van der Waals surface area contributed by atoms with Gasteiger partial charge in [-0.3, -0.25) is 0 Å². The largest absolute Gasteiger partial charge is 0.396 e. The molecule has 0 saturated heterocycles. The number of nitrogen functional groups attached to an aromatic ring is 1. The number of nitrogens with two attached hydrogens (primary N) is 1. The van der Waals surface area contributed by atoms with Gasteiger partial charge in [-0.25, -0.2) is 15.0 Å². The second-order valence-electron chi connectivity index (χ2n) is 5.55. The van der Waals surface area contributed by atoms with Crippen LogP contribution in [0.1, 0.15) is 30.0 Å². The molecule has 0 radical (unpaired) electrons. The fraction of sp³-hybridized carbons (Fsp3) is 0.267. The number of halogens is 1. The molecule has 4 rings (SSSR count). The molecule has 0 aromatic carbocycles. The van der Waals surface area contributed by atoms with Crippen LogP contribution in [0.15, 0.2) is 30.9 Å². The molecule has 7 heteroatoms. The summed E-state index contributed by atoms with van der Waals surface area (Å²) in [6.45, 7) is 0.549. The molecule has 0 spiro atoms. The Labute approximate surface area is 132 Å². The van der Waals surface area contributed by atoms with Crippen LogP contribution < -0.4 is 11.1 Å². The van der Waals surface area contributed by atoms with Gasteiger partial charge in [0, 0.05) is 18.5 Å². The molecular weight excluding hydrogens is 300 g/mol. The van der Waals surface area contributed by atoms with E-state index in [-0.39, 0.29) is 0 Å². The highest BCUT2D eigenvalue weighted by Crippen LogP contribution is 2.40. The molecule has 0 amide bonds. The molecule has 0 atom stereocenters. The van der Waals surface area contributed by atoms with Crippen molar-refractivity contribution in [2.75, 3.05) is 11.1 Å². The predicted molar refractivity (Wildman–Crippen MR) is 85.9 cm³/mol. The predicted octanol–water partition coefficient (Wildman–Crippen LogP) is 2.85. The topological polar surface area (TPSA) is 81.1 Å². The van der Waals surface area contributed by atoms with Gasteiger partial charge in [0.05, 0.1) is 17.9 Å². The molecule has 0 aliphatic heterocycles. The highest BCUT2D eigenvalue weighted by Gasteiger charge is 2.24. The van der Waals surface area contributed by atoms with Crippen molar-refractivity contribution in [1.82, 2.24) is 19.4 Å². The summed E-state index contributed by atoms with van der Waals surface area (Å²) in [6, 6.07) is 3.72. The monoisotopic (exact) mass is 314 g/mol. The number of imidazole rings is 1. The Balaban J connectivity index is 1.58. The van der Waals surface area contributed by atoms with Gasteiger partial charge in [-0.1, -0.05) is 11.6 Å². The molecule has 3 aromatic heterocycles.